The van der Waals surface area contributed by atoms with Crippen molar-refractivity contribution in [2.75, 3.05) is 19.0 Å². The summed E-state index contributed by atoms with van der Waals surface area (Å²) in [5, 5.41) is 0. The molecule has 3 nitrogen and oxygen atoms in total. The third-order valence-corrected chi connectivity index (χ3v) is 4.38. The van der Waals surface area contributed by atoms with Crippen molar-refractivity contribution < 1.29 is 14.2 Å². The average molecular weight is 322 g/mol. The zero-order valence-electron chi connectivity index (χ0n) is 12.1. The molecule has 0 fully saturated rings. The molecule has 0 aliphatic heterocycles. The van der Waals surface area contributed by atoms with Gasteiger partial charge in [0.05, 0.1) is 7.11 Å². The van der Waals surface area contributed by atoms with E-state index in [1.54, 1.807) is 28.7 Å². The monoisotopic (exact) mass is 322 g/mol. The van der Waals surface area contributed by atoms with Gasteiger partial charge in [0, 0.05) is 0 Å². The van der Waals surface area contributed by atoms with Gasteiger partial charge in [0.1, 0.15) is 29.1 Å². The van der Waals surface area contributed by atoms with Gasteiger partial charge in [-0.05, 0) is 64.9 Å². The van der Waals surface area contributed by atoms with Crippen LogP contribution in [0.15, 0.2) is 48.5 Å². The van der Waals surface area contributed by atoms with Crippen LogP contribution in [0.2, 0.25) is 0 Å². The molecule has 0 aromatic heterocycles. The highest BCUT2D eigenvalue weighted by Gasteiger charge is 1.97. The van der Waals surface area contributed by atoms with E-state index in [4.69, 9.17) is 14.2 Å². The summed E-state index contributed by atoms with van der Waals surface area (Å²) in [6.45, 7) is 2.06. The molecule has 0 saturated carbocycles. The lowest BCUT2D eigenvalue weighted by Gasteiger charge is -2.07. The van der Waals surface area contributed by atoms with Crippen LogP contribution in [0, 0.1) is 6.92 Å². The molecule has 0 heterocycles. The molecular weight excluding hydrogens is 304 g/mol. The largest absolute Gasteiger partial charge is 0.497 e. The summed E-state index contributed by atoms with van der Waals surface area (Å²) in [6.07, 6.45) is 0. The summed E-state index contributed by atoms with van der Waals surface area (Å²) < 4.78 is 16.3. The molecule has 2 rings (SSSR count). The van der Waals surface area contributed by atoms with Crippen molar-refractivity contribution in [3.63, 3.8) is 0 Å². The SMILES string of the molecule is COc1ccc(OCSSCOc2ccc(C)cc2)cc1. The molecule has 0 spiro atoms. The Bertz CT molecular complexity index is 526. The van der Waals surface area contributed by atoms with Gasteiger partial charge in [-0.25, -0.2) is 0 Å². The topological polar surface area (TPSA) is 27.7 Å². The van der Waals surface area contributed by atoms with Gasteiger partial charge in [0.25, 0.3) is 0 Å². The van der Waals surface area contributed by atoms with Gasteiger partial charge in [-0.3, -0.25) is 0 Å². The molecule has 5 heteroatoms. The Hall–Kier alpha value is -1.46. The Kier molecular flexibility index (Phi) is 6.63. The van der Waals surface area contributed by atoms with E-state index < -0.39 is 0 Å². The number of rotatable bonds is 8. The molecule has 0 aliphatic rings. The second-order valence-corrected chi connectivity index (χ2v) is 6.61. The minimum atomic E-state index is 0.578. The van der Waals surface area contributed by atoms with Crippen LogP contribution in [0.25, 0.3) is 0 Å². The Morgan fingerprint density at radius 3 is 1.62 bits per heavy atom. The van der Waals surface area contributed by atoms with Crippen molar-refractivity contribution in [2.24, 2.45) is 0 Å². The van der Waals surface area contributed by atoms with Gasteiger partial charge < -0.3 is 14.2 Å². The molecule has 0 N–H and O–H groups in total. The Morgan fingerprint density at radius 1 is 0.714 bits per heavy atom. The number of aryl methyl sites for hydroxylation is 1. The van der Waals surface area contributed by atoms with Crippen molar-refractivity contribution in [1.82, 2.24) is 0 Å². The predicted molar refractivity (Wildman–Crippen MR) is 90.3 cm³/mol. The van der Waals surface area contributed by atoms with E-state index >= 15 is 0 Å². The first-order valence-corrected chi connectivity index (χ1v) is 8.97. The first-order valence-electron chi connectivity index (χ1n) is 6.48. The van der Waals surface area contributed by atoms with Crippen LogP contribution in [-0.4, -0.2) is 19.0 Å². The van der Waals surface area contributed by atoms with E-state index in [0.717, 1.165) is 17.2 Å². The fourth-order valence-electron chi connectivity index (χ4n) is 1.56. The molecule has 112 valence electrons. The maximum Gasteiger partial charge on any atom is 0.144 e. The van der Waals surface area contributed by atoms with E-state index in [1.165, 1.54) is 5.56 Å². The van der Waals surface area contributed by atoms with Crippen LogP contribution in [0.1, 0.15) is 5.56 Å². The number of methoxy groups -OCH3 is 1. The molecule has 0 amide bonds. The lowest BCUT2D eigenvalue weighted by molar-refractivity contribution is 0.388. The molecule has 2 aromatic rings. The number of hydrogen-bond donors (Lipinski definition) is 0. The molecule has 0 radical (unpaired) electrons. The van der Waals surface area contributed by atoms with Gasteiger partial charge in [-0.1, -0.05) is 17.7 Å². The summed E-state index contributed by atoms with van der Waals surface area (Å²) in [5.74, 6) is 3.73. The van der Waals surface area contributed by atoms with E-state index in [1.807, 2.05) is 48.5 Å². The fourth-order valence-corrected chi connectivity index (χ4v) is 2.76. The highest BCUT2D eigenvalue weighted by atomic mass is 33.1. The van der Waals surface area contributed by atoms with Crippen LogP contribution < -0.4 is 14.2 Å². The predicted octanol–water partition coefficient (Wildman–Crippen LogP) is 4.76. The quantitative estimate of drug-likeness (QED) is 0.397. The summed E-state index contributed by atoms with van der Waals surface area (Å²) in [6, 6.07) is 15.6. The summed E-state index contributed by atoms with van der Waals surface area (Å²) in [5.41, 5.74) is 1.23. The van der Waals surface area contributed by atoms with E-state index in [-0.39, 0.29) is 0 Å². The maximum absolute atomic E-state index is 5.61. The zero-order chi connectivity index (χ0) is 14.9. The number of benzene rings is 2. The fraction of sp³-hybridized carbons (Fsp3) is 0.250. The van der Waals surface area contributed by atoms with E-state index in [9.17, 15) is 0 Å². The van der Waals surface area contributed by atoms with E-state index in [2.05, 4.69) is 6.92 Å². The number of ether oxygens (including phenoxy) is 3. The molecule has 0 atom stereocenters. The van der Waals surface area contributed by atoms with Gasteiger partial charge in [0.15, 0.2) is 0 Å². The van der Waals surface area contributed by atoms with Crippen LogP contribution in [-0.2, 0) is 0 Å². The standard InChI is InChI=1S/C16H18O3S2/c1-13-3-5-15(6-4-13)18-11-20-21-12-19-16-9-7-14(17-2)8-10-16/h3-10H,11-12H2,1-2H3. The molecule has 0 aliphatic carbocycles. The van der Waals surface area contributed by atoms with Crippen molar-refractivity contribution in [3.05, 3.63) is 54.1 Å². The summed E-state index contributed by atoms with van der Waals surface area (Å²) in [7, 11) is 4.89. The van der Waals surface area contributed by atoms with Gasteiger partial charge in [-0.15, -0.1) is 0 Å². The van der Waals surface area contributed by atoms with Crippen LogP contribution >= 0.6 is 21.6 Å². The maximum atomic E-state index is 5.61. The number of hydrogen-bond acceptors (Lipinski definition) is 5. The molecule has 0 saturated heterocycles. The third kappa shape index (κ3) is 5.81. The van der Waals surface area contributed by atoms with Crippen LogP contribution in [0.3, 0.4) is 0 Å². The third-order valence-electron chi connectivity index (χ3n) is 2.71. The second kappa shape index (κ2) is 8.74. The molecule has 2 aromatic carbocycles. The first-order chi connectivity index (χ1) is 10.3. The molecule has 21 heavy (non-hydrogen) atoms. The van der Waals surface area contributed by atoms with Crippen molar-refractivity contribution in [1.29, 1.82) is 0 Å². The van der Waals surface area contributed by atoms with E-state index in [0.29, 0.717) is 11.9 Å². The average Bonchev–Trinajstić information content (AvgIpc) is 2.53. The first kappa shape index (κ1) is 15.9. The molecule has 0 bridgehead atoms. The zero-order valence-corrected chi connectivity index (χ0v) is 13.7. The van der Waals surface area contributed by atoms with Gasteiger partial charge in [-0.2, -0.15) is 0 Å². The Balaban J connectivity index is 1.58. The summed E-state index contributed by atoms with van der Waals surface area (Å²) >= 11 is 0. The van der Waals surface area contributed by atoms with Crippen LogP contribution in [0.4, 0.5) is 0 Å². The van der Waals surface area contributed by atoms with Gasteiger partial charge >= 0.3 is 0 Å². The Morgan fingerprint density at radius 2 is 1.14 bits per heavy atom. The van der Waals surface area contributed by atoms with Gasteiger partial charge in [0.2, 0.25) is 0 Å². The van der Waals surface area contributed by atoms with Crippen molar-refractivity contribution in [2.45, 2.75) is 6.92 Å². The Labute approximate surface area is 133 Å². The van der Waals surface area contributed by atoms with Crippen molar-refractivity contribution >= 4 is 21.6 Å². The lowest BCUT2D eigenvalue weighted by Crippen LogP contribution is -1.94. The summed E-state index contributed by atoms with van der Waals surface area (Å²) in [4.78, 5) is 0. The van der Waals surface area contributed by atoms with Crippen LogP contribution in [0.5, 0.6) is 17.2 Å². The smallest absolute Gasteiger partial charge is 0.144 e. The highest BCUT2D eigenvalue weighted by molar-refractivity contribution is 8.76. The molecular formula is C16H18O3S2. The second-order valence-electron chi connectivity index (χ2n) is 4.25. The van der Waals surface area contributed by atoms with Crippen molar-refractivity contribution in [3.8, 4) is 17.2 Å². The lowest BCUT2D eigenvalue weighted by atomic mass is 10.2. The molecule has 0 unspecified atom stereocenters. The normalized spacial score (nSPS) is 10.2. The highest BCUT2D eigenvalue weighted by Crippen LogP contribution is 2.25. The minimum absolute atomic E-state index is 0.578. The minimum Gasteiger partial charge on any atom is -0.497 e.